The molecule has 3 heteroatoms. The van der Waals surface area contributed by atoms with Gasteiger partial charge in [-0.3, -0.25) is 0 Å². The topological polar surface area (TPSA) is 20.2 Å². The van der Waals surface area contributed by atoms with Gasteiger partial charge in [0, 0.05) is 11.4 Å². The SMILES string of the molecule is Oc1cccc(F)c1CCCl. The number of benzene rings is 1. The molecule has 0 aliphatic heterocycles. The highest BCUT2D eigenvalue weighted by Crippen LogP contribution is 2.20. The van der Waals surface area contributed by atoms with Crippen LogP contribution >= 0.6 is 11.6 Å². The first-order valence-electron chi connectivity index (χ1n) is 3.28. The Morgan fingerprint density at radius 2 is 2.18 bits per heavy atom. The Morgan fingerprint density at radius 3 is 2.73 bits per heavy atom. The van der Waals surface area contributed by atoms with E-state index in [9.17, 15) is 4.39 Å². The minimum Gasteiger partial charge on any atom is -0.508 e. The summed E-state index contributed by atoms with van der Waals surface area (Å²) in [5.74, 6) is -0.106. The lowest BCUT2D eigenvalue weighted by atomic mass is 10.1. The molecule has 0 aromatic heterocycles. The Labute approximate surface area is 69.4 Å². The molecule has 0 spiro atoms. The van der Waals surface area contributed by atoms with Gasteiger partial charge in [-0.1, -0.05) is 6.07 Å². The summed E-state index contributed by atoms with van der Waals surface area (Å²) >= 11 is 5.40. The third kappa shape index (κ3) is 1.84. The summed E-state index contributed by atoms with van der Waals surface area (Å²) in [4.78, 5) is 0. The summed E-state index contributed by atoms with van der Waals surface area (Å²) in [5, 5.41) is 9.12. The lowest BCUT2D eigenvalue weighted by molar-refractivity contribution is 0.460. The number of hydrogen-bond acceptors (Lipinski definition) is 1. The highest BCUT2D eigenvalue weighted by Gasteiger charge is 2.05. The van der Waals surface area contributed by atoms with Gasteiger partial charge in [0.2, 0.25) is 0 Å². The molecule has 0 fully saturated rings. The predicted molar refractivity (Wildman–Crippen MR) is 42.5 cm³/mol. The van der Waals surface area contributed by atoms with Gasteiger partial charge in [-0.25, -0.2) is 4.39 Å². The fourth-order valence-corrected chi connectivity index (χ4v) is 1.08. The molecule has 0 atom stereocenters. The van der Waals surface area contributed by atoms with E-state index in [2.05, 4.69) is 0 Å². The van der Waals surface area contributed by atoms with Crippen molar-refractivity contribution < 1.29 is 9.50 Å². The van der Waals surface area contributed by atoms with Gasteiger partial charge in [0.25, 0.3) is 0 Å². The number of rotatable bonds is 2. The summed E-state index contributed by atoms with van der Waals surface area (Å²) in [5.41, 5.74) is 0.294. The van der Waals surface area contributed by atoms with E-state index in [-0.39, 0.29) is 5.75 Å². The predicted octanol–water partition coefficient (Wildman–Crippen LogP) is 2.31. The monoisotopic (exact) mass is 174 g/mol. The molecule has 0 heterocycles. The van der Waals surface area contributed by atoms with E-state index in [4.69, 9.17) is 16.7 Å². The van der Waals surface area contributed by atoms with Crippen LogP contribution in [0.5, 0.6) is 5.75 Å². The zero-order chi connectivity index (χ0) is 8.27. The fraction of sp³-hybridized carbons (Fsp3) is 0.250. The van der Waals surface area contributed by atoms with E-state index >= 15 is 0 Å². The van der Waals surface area contributed by atoms with Gasteiger partial charge in [-0.05, 0) is 18.6 Å². The second-order valence-corrected chi connectivity index (χ2v) is 2.55. The van der Waals surface area contributed by atoms with Crippen LogP contribution in [0.15, 0.2) is 18.2 Å². The maximum atomic E-state index is 12.8. The molecule has 0 saturated heterocycles. The molecular weight excluding hydrogens is 167 g/mol. The van der Waals surface area contributed by atoms with Crippen LogP contribution < -0.4 is 0 Å². The van der Waals surface area contributed by atoms with Crippen molar-refractivity contribution in [2.24, 2.45) is 0 Å². The van der Waals surface area contributed by atoms with Crippen LogP contribution in [-0.4, -0.2) is 11.0 Å². The smallest absolute Gasteiger partial charge is 0.130 e. The van der Waals surface area contributed by atoms with Gasteiger partial charge in [0.15, 0.2) is 0 Å². The van der Waals surface area contributed by atoms with Crippen molar-refractivity contribution >= 4 is 11.6 Å². The Bertz CT molecular complexity index is 230. The van der Waals surface area contributed by atoms with Crippen molar-refractivity contribution in [3.63, 3.8) is 0 Å². The number of aromatic hydroxyl groups is 1. The van der Waals surface area contributed by atoms with Gasteiger partial charge in [0.05, 0.1) is 0 Å². The van der Waals surface area contributed by atoms with E-state index < -0.39 is 5.82 Å². The summed E-state index contributed by atoms with van der Waals surface area (Å²) in [6.07, 6.45) is 0.361. The number of alkyl halides is 1. The molecule has 60 valence electrons. The third-order valence-electron chi connectivity index (χ3n) is 1.44. The maximum Gasteiger partial charge on any atom is 0.130 e. The zero-order valence-electron chi connectivity index (χ0n) is 5.85. The fourth-order valence-electron chi connectivity index (χ4n) is 0.889. The number of hydrogen-bond donors (Lipinski definition) is 1. The lowest BCUT2D eigenvalue weighted by Crippen LogP contribution is -1.91. The largest absolute Gasteiger partial charge is 0.508 e. The van der Waals surface area contributed by atoms with Crippen molar-refractivity contribution in [1.29, 1.82) is 0 Å². The van der Waals surface area contributed by atoms with Crippen molar-refractivity contribution in [2.75, 3.05) is 5.88 Å². The standard InChI is InChI=1S/C8H8ClFO/c9-5-4-6-7(10)2-1-3-8(6)11/h1-3,11H,4-5H2. The normalized spacial score (nSPS) is 10.0. The van der Waals surface area contributed by atoms with Gasteiger partial charge >= 0.3 is 0 Å². The molecule has 0 amide bonds. The molecule has 0 radical (unpaired) electrons. The van der Waals surface area contributed by atoms with Crippen molar-refractivity contribution in [2.45, 2.75) is 6.42 Å². The highest BCUT2D eigenvalue weighted by atomic mass is 35.5. The van der Waals surface area contributed by atoms with Crippen LogP contribution in [0.3, 0.4) is 0 Å². The van der Waals surface area contributed by atoms with Crippen LogP contribution in [0.1, 0.15) is 5.56 Å². The molecular formula is C8H8ClFO. The maximum absolute atomic E-state index is 12.8. The molecule has 11 heavy (non-hydrogen) atoms. The zero-order valence-corrected chi connectivity index (χ0v) is 6.61. The molecule has 0 aliphatic carbocycles. The van der Waals surface area contributed by atoms with Crippen LogP contribution in [0.4, 0.5) is 4.39 Å². The van der Waals surface area contributed by atoms with E-state index in [0.717, 1.165) is 0 Å². The molecule has 1 N–H and O–H groups in total. The Kier molecular flexibility index (Phi) is 2.71. The summed E-state index contributed by atoms with van der Waals surface area (Å²) < 4.78 is 12.8. The van der Waals surface area contributed by atoms with Crippen molar-refractivity contribution in [3.05, 3.63) is 29.6 Å². The van der Waals surface area contributed by atoms with Gasteiger partial charge in [-0.15, -0.1) is 11.6 Å². The second kappa shape index (κ2) is 3.58. The first kappa shape index (κ1) is 8.34. The van der Waals surface area contributed by atoms with Gasteiger partial charge in [-0.2, -0.15) is 0 Å². The lowest BCUT2D eigenvalue weighted by Gasteiger charge is -2.01. The quantitative estimate of drug-likeness (QED) is 0.683. The van der Waals surface area contributed by atoms with E-state index in [1.165, 1.54) is 18.2 Å². The summed E-state index contributed by atoms with van der Waals surface area (Å²) in [7, 11) is 0. The average molecular weight is 175 g/mol. The third-order valence-corrected chi connectivity index (χ3v) is 1.63. The second-order valence-electron chi connectivity index (χ2n) is 2.18. The average Bonchev–Trinajstić information content (AvgIpc) is 1.97. The molecule has 1 nitrogen and oxygen atoms in total. The molecule has 0 unspecified atom stereocenters. The van der Waals surface area contributed by atoms with E-state index in [1.54, 1.807) is 0 Å². The van der Waals surface area contributed by atoms with Crippen molar-refractivity contribution in [1.82, 2.24) is 0 Å². The van der Waals surface area contributed by atoms with E-state index in [0.29, 0.717) is 17.9 Å². The highest BCUT2D eigenvalue weighted by molar-refractivity contribution is 6.18. The Hall–Kier alpha value is -0.760. The molecule has 1 rings (SSSR count). The first-order valence-corrected chi connectivity index (χ1v) is 3.81. The first-order chi connectivity index (χ1) is 5.25. The number of phenols is 1. The number of phenolic OH excluding ortho intramolecular Hbond substituents is 1. The molecule has 0 bridgehead atoms. The molecule has 1 aromatic carbocycles. The Balaban J connectivity index is 3.00. The minimum atomic E-state index is -0.398. The van der Waals surface area contributed by atoms with Crippen LogP contribution in [0.2, 0.25) is 0 Å². The molecule has 0 saturated carbocycles. The minimum absolute atomic E-state index is 0.0225. The molecule has 1 aromatic rings. The van der Waals surface area contributed by atoms with Crippen LogP contribution in [-0.2, 0) is 6.42 Å². The molecule has 0 aliphatic rings. The van der Waals surface area contributed by atoms with Crippen molar-refractivity contribution in [3.8, 4) is 5.75 Å². The number of halogens is 2. The van der Waals surface area contributed by atoms with Crippen LogP contribution in [0.25, 0.3) is 0 Å². The Morgan fingerprint density at radius 1 is 1.45 bits per heavy atom. The van der Waals surface area contributed by atoms with Gasteiger partial charge in [0.1, 0.15) is 11.6 Å². The summed E-state index contributed by atoms with van der Waals surface area (Å²) in [6, 6.07) is 4.22. The van der Waals surface area contributed by atoms with Gasteiger partial charge < -0.3 is 5.11 Å². The van der Waals surface area contributed by atoms with E-state index in [1.807, 2.05) is 0 Å². The van der Waals surface area contributed by atoms with Crippen LogP contribution in [0, 0.1) is 5.82 Å². The summed E-state index contributed by atoms with van der Waals surface area (Å²) in [6.45, 7) is 0.